The second-order valence-corrected chi connectivity index (χ2v) is 7.25. The normalized spacial score (nSPS) is 20.6. The Morgan fingerprint density at radius 2 is 1.89 bits per heavy atom. The molecule has 7 heteroatoms. The maximum atomic E-state index is 13.4. The van der Waals surface area contributed by atoms with E-state index in [4.69, 9.17) is 11.6 Å². The maximum Gasteiger partial charge on any atom is 0.242 e. The Bertz CT molecular complexity index is 1110. The van der Waals surface area contributed by atoms with Gasteiger partial charge in [-0.3, -0.25) is 9.59 Å². The van der Waals surface area contributed by atoms with Gasteiger partial charge in [0.25, 0.3) is 0 Å². The molecule has 0 saturated heterocycles. The summed E-state index contributed by atoms with van der Waals surface area (Å²) in [6, 6.07) is 14.8. The molecule has 2 aromatic carbocycles. The van der Waals surface area contributed by atoms with Gasteiger partial charge in [0, 0.05) is 29.7 Å². The quantitative estimate of drug-likeness (QED) is 0.707. The summed E-state index contributed by atoms with van der Waals surface area (Å²) in [5.41, 5.74) is 1.88. The van der Waals surface area contributed by atoms with Crippen molar-refractivity contribution in [3.8, 4) is 5.69 Å². The first-order chi connectivity index (χ1) is 13.0. The predicted octanol–water partition coefficient (Wildman–Crippen LogP) is 3.13. The highest BCUT2D eigenvalue weighted by Gasteiger charge is 2.56. The van der Waals surface area contributed by atoms with Gasteiger partial charge in [0.05, 0.1) is 11.9 Å². The van der Waals surface area contributed by atoms with E-state index in [1.807, 2.05) is 36.4 Å². The fourth-order valence-electron chi connectivity index (χ4n) is 4.14. The Hall–Kier alpha value is -3.12. The second kappa shape index (κ2) is 5.44. The molecule has 6 nitrogen and oxygen atoms in total. The van der Waals surface area contributed by atoms with E-state index in [1.54, 1.807) is 35.0 Å². The first-order valence-corrected chi connectivity index (χ1v) is 8.92. The third-order valence-corrected chi connectivity index (χ3v) is 5.60. The molecule has 27 heavy (non-hydrogen) atoms. The van der Waals surface area contributed by atoms with E-state index in [-0.39, 0.29) is 18.2 Å². The van der Waals surface area contributed by atoms with E-state index in [2.05, 4.69) is 10.4 Å². The number of fused-ring (bicyclic) bond motifs is 4. The van der Waals surface area contributed by atoms with E-state index < -0.39 is 5.41 Å². The van der Waals surface area contributed by atoms with Crippen molar-refractivity contribution in [3.05, 3.63) is 70.9 Å². The highest BCUT2D eigenvalue weighted by molar-refractivity contribution is 6.31. The van der Waals surface area contributed by atoms with Crippen molar-refractivity contribution in [1.29, 1.82) is 0 Å². The number of amides is 2. The Kier molecular flexibility index (Phi) is 3.24. The molecule has 3 heterocycles. The van der Waals surface area contributed by atoms with E-state index in [0.717, 1.165) is 16.9 Å². The first kappa shape index (κ1) is 16.1. The molecule has 0 radical (unpaired) electrons. The number of carbonyl (C=O) groups excluding carboxylic acids is 2. The van der Waals surface area contributed by atoms with Crippen LogP contribution in [0.4, 0.5) is 11.5 Å². The summed E-state index contributed by atoms with van der Waals surface area (Å²) >= 11 is 6.23. The van der Waals surface area contributed by atoms with Crippen LogP contribution in [0.15, 0.2) is 54.7 Å². The molecule has 1 unspecified atom stereocenters. The van der Waals surface area contributed by atoms with Gasteiger partial charge in [-0.25, -0.2) is 4.68 Å². The first-order valence-electron chi connectivity index (χ1n) is 8.54. The van der Waals surface area contributed by atoms with E-state index in [9.17, 15) is 9.59 Å². The third kappa shape index (κ3) is 2.04. The lowest BCUT2D eigenvalue weighted by Crippen LogP contribution is -2.45. The topological polar surface area (TPSA) is 67.2 Å². The van der Waals surface area contributed by atoms with Crippen LogP contribution < -0.4 is 10.2 Å². The van der Waals surface area contributed by atoms with Crippen LogP contribution in [0.25, 0.3) is 5.69 Å². The number of aromatic nitrogens is 2. The minimum Gasteiger partial charge on any atom is -0.314 e. The predicted molar refractivity (Wildman–Crippen MR) is 102 cm³/mol. The summed E-state index contributed by atoms with van der Waals surface area (Å²) in [6.07, 6.45) is 1.69. The van der Waals surface area contributed by atoms with Crippen LogP contribution in [0.1, 0.15) is 17.5 Å². The Morgan fingerprint density at radius 3 is 2.67 bits per heavy atom. The van der Waals surface area contributed by atoms with Crippen molar-refractivity contribution in [2.24, 2.45) is 0 Å². The molecule has 0 aliphatic carbocycles. The molecule has 1 N–H and O–H groups in total. The average molecular weight is 379 g/mol. The lowest BCUT2D eigenvalue weighted by atomic mass is 9.72. The largest absolute Gasteiger partial charge is 0.314 e. The summed E-state index contributed by atoms with van der Waals surface area (Å²) in [5.74, 6) is 0.144. The number of benzene rings is 2. The number of para-hydroxylation sites is 1. The monoisotopic (exact) mass is 378 g/mol. The van der Waals surface area contributed by atoms with E-state index >= 15 is 0 Å². The van der Waals surface area contributed by atoms with Gasteiger partial charge in [-0.15, -0.1) is 0 Å². The maximum absolute atomic E-state index is 13.4. The number of likely N-dealkylation sites (N-methyl/N-ethyl adjacent to an activating group) is 1. The fourth-order valence-corrected chi connectivity index (χ4v) is 4.32. The van der Waals surface area contributed by atoms with Crippen LogP contribution in [0, 0.1) is 0 Å². The summed E-state index contributed by atoms with van der Waals surface area (Å²) in [7, 11) is 1.72. The molecule has 0 saturated carbocycles. The molecule has 134 valence electrons. The van der Waals surface area contributed by atoms with Gasteiger partial charge in [-0.1, -0.05) is 29.8 Å². The van der Waals surface area contributed by atoms with Gasteiger partial charge in [0.1, 0.15) is 11.2 Å². The van der Waals surface area contributed by atoms with Crippen molar-refractivity contribution in [3.63, 3.8) is 0 Å². The van der Waals surface area contributed by atoms with Gasteiger partial charge < -0.3 is 10.2 Å². The summed E-state index contributed by atoms with van der Waals surface area (Å²) < 4.78 is 1.66. The average Bonchev–Trinajstić information content (AvgIpc) is 3.17. The van der Waals surface area contributed by atoms with Crippen LogP contribution in [0.5, 0.6) is 0 Å². The Balaban J connectivity index is 1.80. The molecule has 2 amide bonds. The molecule has 1 aromatic heterocycles. The summed E-state index contributed by atoms with van der Waals surface area (Å²) in [4.78, 5) is 27.6. The van der Waals surface area contributed by atoms with Crippen LogP contribution in [-0.2, 0) is 15.0 Å². The third-order valence-electron chi connectivity index (χ3n) is 5.36. The fraction of sp³-hybridized carbons (Fsp3) is 0.150. The molecule has 5 rings (SSSR count). The smallest absolute Gasteiger partial charge is 0.242 e. The number of rotatable bonds is 1. The zero-order valence-corrected chi connectivity index (χ0v) is 15.2. The number of hydrogen-bond donors (Lipinski definition) is 1. The zero-order valence-electron chi connectivity index (χ0n) is 14.4. The minimum absolute atomic E-state index is 0.0248. The molecule has 3 aromatic rings. The van der Waals surface area contributed by atoms with Crippen LogP contribution in [-0.4, -0.2) is 28.6 Å². The number of nitrogens with one attached hydrogen (secondary N) is 1. The molecule has 2 aliphatic heterocycles. The van der Waals surface area contributed by atoms with Crippen LogP contribution >= 0.6 is 11.6 Å². The zero-order chi connectivity index (χ0) is 18.8. The van der Waals surface area contributed by atoms with Gasteiger partial charge in [0.2, 0.25) is 11.8 Å². The number of halogens is 1. The van der Waals surface area contributed by atoms with Crippen molar-refractivity contribution in [2.45, 2.75) is 11.8 Å². The Morgan fingerprint density at radius 1 is 1.11 bits per heavy atom. The highest BCUT2D eigenvalue weighted by Crippen LogP contribution is 2.52. The molecular weight excluding hydrogens is 364 g/mol. The molecule has 0 bridgehead atoms. The van der Waals surface area contributed by atoms with Gasteiger partial charge >= 0.3 is 0 Å². The number of carbonyl (C=O) groups is 2. The standard InChI is InChI=1S/C20H15ClN4O2/c1-24-16-8-7-12(21)9-14(16)20(19(24)27)10-17(26)23-18-15(20)11-22-25(18)13-5-3-2-4-6-13/h2-9,11H,10H2,1H3,(H,23,26). The number of nitrogens with zero attached hydrogens (tertiary/aromatic N) is 3. The Labute approximate surface area is 160 Å². The van der Waals surface area contributed by atoms with E-state index in [0.29, 0.717) is 16.4 Å². The minimum atomic E-state index is -1.11. The van der Waals surface area contributed by atoms with Crippen molar-refractivity contribution in [1.82, 2.24) is 9.78 Å². The molecule has 2 aliphatic rings. The molecule has 1 spiro atoms. The van der Waals surface area contributed by atoms with Gasteiger partial charge in [-0.2, -0.15) is 5.10 Å². The summed E-state index contributed by atoms with van der Waals surface area (Å²) in [5, 5.41) is 7.90. The molecule has 0 fully saturated rings. The van der Waals surface area contributed by atoms with E-state index in [1.165, 1.54) is 0 Å². The van der Waals surface area contributed by atoms with Crippen molar-refractivity contribution >= 4 is 34.9 Å². The lowest BCUT2D eigenvalue weighted by Gasteiger charge is -2.32. The number of hydrogen-bond acceptors (Lipinski definition) is 3. The molecule has 1 atom stereocenters. The SMILES string of the molecule is CN1C(=O)C2(CC(=O)Nc3c2cnn3-c2ccccc2)c2cc(Cl)ccc21. The van der Waals surface area contributed by atoms with Crippen LogP contribution in [0.3, 0.4) is 0 Å². The summed E-state index contributed by atoms with van der Waals surface area (Å²) in [6.45, 7) is 0. The highest BCUT2D eigenvalue weighted by atomic mass is 35.5. The number of anilines is 2. The van der Waals surface area contributed by atoms with Gasteiger partial charge in [-0.05, 0) is 35.9 Å². The lowest BCUT2D eigenvalue weighted by molar-refractivity contribution is -0.126. The second-order valence-electron chi connectivity index (χ2n) is 6.81. The van der Waals surface area contributed by atoms with Crippen LogP contribution in [0.2, 0.25) is 5.02 Å². The van der Waals surface area contributed by atoms with Crippen molar-refractivity contribution in [2.75, 3.05) is 17.3 Å². The van der Waals surface area contributed by atoms with Crippen molar-refractivity contribution < 1.29 is 9.59 Å². The molecular formula is C20H15ClN4O2. The van der Waals surface area contributed by atoms with Gasteiger partial charge in [0.15, 0.2) is 0 Å².